The predicted molar refractivity (Wildman–Crippen MR) is 270 cm³/mol. The van der Waals surface area contributed by atoms with Crippen molar-refractivity contribution in [3.8, 4) is 33.9 Å². The van der Waals surface area contributed by atoms with Crippen LogP contribution in [0.5, 0.6) is 0 Å². The van der Waals surface area contributed by atoms with Gasteiger partial charge in [-0.15, -0.1) is 70.8 Å². The molecular formula is C56H72F6IrN4P. The van der Waals surface area contributed by atoms with Crippen LogP contribution in [0, 0.1) is 12.1 Å². The summed E-state index contributed by atoms with van der Waals surface area (Å²) < 4.78 is 59.2. The van der Waals surface area contributed by atoms with Crippen molar-refractivity contribution in [1.82, 2.24) is 19.9 Å². The topological polar surface area (TPSA) is 51.6 Å². The van der Waals surface area contributed by atoms with Crippen LogP contribution < -0.4 is 0 Å². The zero-order chi connectivity index (χ0) is 51.3. The second-order valence-corrected chi connectivity index (χ2v) is 25.1. The molecule has 372 valence electrons. The number of hydrogen-bond acceptors (Lipinski definition) is 4. The summed E-state index contributed by atoms with van der Waals surface area (Å²) in [7, 11) is -10.7. The van der Waals surface area contributed by atoms with Gasteiger partial charge in [-0.25, -0.2) is 0 Å². The molecule has 0 aliphatic heterocycles. The Morgan fingerprint density at radius 3 is 0.721 bits per heavy atom. The molecule has 0 N–H and O–H groups in total. The van der Waals surface area contributed by atoms with E-state index >= 15 is 0 Å². The molecule has 68 heavy (non-hydrogen) atoms. The average molecular weight is 1140 g/mol. The van der Waals surface area contributed by atoms with E-state index in [1.54, 1.807) is 0 Å². The van der Waals surface area contributed by atoms with Crippen LogP contribution in [-0.2, 0) is 52.6 Å². The summed E-state index contributed by atoms with van der Waals surface area (Å²) in [5.74, 6) is 0. The van der Waals surface area contributed by atoms with Crippen LogP contribution in [0.1, 0.15) is 158 Å². The van der Waals surface area contributed by atoms with E-state index in [4.69, 9.17) is 0 Å². The monoisotopic (exact) mass is 1140 g/mol. The molecule has 0 aliphatic rings. The van der Waals surface area contributed by atoms with Gasteiger partial charge < -0.3 is 9.97 Å². The van der Waals surface area contributed by atoms with E-state index < -0.39 is 7.81 Å². The van der Waals surface area contributed by atoms with Crippen molar-refractivity contribution in [2.24, 2.45) is 0 Å². The van der Waals surface area contributed by atoms with Crippen molar-refractivity contribution < 1.29 is 45.3 Å². The van der Waals surface area contributed by atoms with E-state index in [1.165, 1.54) is 33.4 Å². The zero-order valence-corrected chi connectivity index (χ0v) is 46.5. The predicted octanol–water partition coefficient (Wildman–Crippen LogP) is 18.4. The van der Waals surface area contributed by atoms with Gasteiger partial charge in [0.25, 0.3) is 0 Å². The van der Waals surface area contributed by atoms with Crippen LogP contribution >= 0.6 is 7.81 Å². The van der Waals surface area contributed by atoms with E-state index in [9.17, 15) is 25.2 Å². The SMILES string of the molecule is CC(C)(C)c1c[c-]c(-c2cc(C(C)(C)C)ccn2)cc1.CC(C)(C)c1c[c-]c(-c2cc(C(C)(C)C)ccn2)cc1.CC(C)(C)c1ccnc(-c2cc(C(C)(C)C)ccn2)c1.F[P-](F)(F)(F)(F)F.[Ir+3]. The Kier molecular flexibility index (Phi) is 18.4. The number of benzene rings is 2. The van der Waals surface area contributed by atoms with Gasteiger partial charge in [0.15, 0.2) is 0 Å². The summed E-state index contributed by atoms with van der Waals surface area (Å²) in [4.78, 5) is 17.9. The van der Waals surface area contributed by atoms with Crippen molar-refractivity contribution in [1.29, 1.82) is 0 Å². The molecule has 0 saturated heterocycles. The molecule has 0 unspecified atom stereocenters. The van der Waals surface area contributed by atoms with Crippen molar-refractivity contribution in [2.45, 2.75) is 157 Å². The summed E-state index contributed by atoms with van der Waals surface area (Å²) in [6.45, 7) is 39.9. The van der Waals surface area contributed by atoms with Crippen LogP contribution in [0.4, 0.5) is 25.2 Å². The first-order valence-corrected chi connectivity index (χ1v) is 24.5. The Labute approximate surface area is 417 Å². The first-order valence-electron chi connectivity index (χ1n) is 22.5. The zero-order valence-electron chi connectivity index (χ0n) is 43.2. The molecule has 0 spiro atoms. The Morgan fingerprint density at radius 1 is 0.324 bits per heavy atom. The Hall–Kier alpha value is -4.30. The number of rotatable bonds is 3. The summed E-state index contributed by atoms with van der Waals surface area (Å²) in [6.07, 6.45) is 7.53. The summed E-state index contributed by atoms with van der Waals surface area (Å²) in [5, 5.41) is 0. The molecule has 4 aromatic heterocycles. The largest absolute Gasteiger partial charge is 3.00 e. The van der Waals surface area contributed by atoms with Gasteiger partial charge in [-0.3, -0.25) is 9.97 Å². The summed E-state index contributed by atoms with van der Waals surface area (Å²) in [6, 6.07) is 36.5. The minimum atomic E-state index is -10.7. The molecule has 0 aliphatic carbocycles. The van der Waals surface area contributed by atoms with Crippen LogP contribution in [0.15, 0.2) is 110 Å². The Morgan fingerprint density at radius 2 is 0.529 bits per heavy atom. The molecule has 4 heterocycles. The van der Waals surface area contributed by atoms with Crippen molar-refractivity contribution in [2.75, 3.05) is 0 Å². The minimum absolute atomic E-state index is 0. The van der Waals surface area contributed by atoms with Gasteiger partial charge in [-0.1, -0.05) is 137 Å². The fraction of sp³-hybridized carbons (Fsp3) is 0.429. The van der Waals surface area contributed by atoms with Gasteiger partial charge in [0.05, 0.1) is 11.4 Å². The van der Waals surface area contributed by atoms with E-state index in [-0.39, 0.29) is 52.6 Å². The van der Waals surface area contributed by atoms with Gasteiger partial charge in [0.1, 0.15) is 0 Å². The minimum Gasteiger partial charge on any atom is 3.00 e. The molecule has 6 aromatic rings. The number of aromatic nitrogens is 4. The Balaban J connectivity index is 0.000000324. The average Bonchev–Trinajstić information content (AvgIpc) is 3.19. The van der Waals surface area contributed by atoms with Crippen LogP contribution in [0.2, 0.25) is 0 Å². The van der Waals surface area contributed by atoms with Crippen molar-refractivity contribution in [3.63, 3.8) is 0 Å². The molecule has 4 nitrogen and oxygen atoms in total. The first kappa shape index (κ1) is 59.8. The molecular weight excluding hydrogens is 1070 g/mol. The summed E-state index contributed by atoms with van der Waals surface area (Å²) >= 11 is 0. The van der Waals surface area contributed by atoms with Gasteiger partial charge in [0.2, 0.25) is 0 Å². The molecule has 0 atom stereocenters. The molecule has 0 saturated carbocycles. The van der Waals surface area contributed by atoms with E-state index in [0.717, 1.165) is 33.9 Å². The first-order chi connectivity index (χ1) is 30.0. The van der Waals surface area contributed by atoms with Gasteiger partial charge in [-0.2, -0.15) is 0 Å². The fourth-order valence-electron chi connectivity index (χ4n) is 6.26. The second kappa shape index (κ2) is 21.0. The smallest absolute Gasteiger partial charge is 3.00 e. The maximum absolute atomic E-state index is 10.7. The maximum atomic E-state index is 9.87. The van der Waals surface area contributed by atoms with Crippen molar-refractivity contribution >= 4 is 7.81 Å². The van der Waals surface area contributed by atoms with E-state index in [1.807, 2.05) is 24.8 Å². The normalized spacial score (nSPS) is 13.4. The summed E-state index contributed by atoms with van der Waals surface area (Å²) in [5.41, 5.74) is 14.6. The molecule has 0 radical (unpaired) electrons. The molecule has 0 bridgehead atoms. The third-order valence-electron chi connectivity index (χ3n) is 10.7. The van der Waals surface area contributed by atoms with E-state index in [2.05, 4.69) is 242 Å². The standard InChI is InChI=1S/2C19H24N.C18H24N2.F6P.Ir/c2*1-18(2,3)15-9-7-14(8-10-15)17-13-16(11-12-20-17)19(4,5)6;1-17(2,3)13-7-9-19-15(11-13)16-12-14(8-10-20-16)18(4,5)6;1-7(2,3,4,5)6;/h2*7,9-13H,1-6H3;7-12H,1-6H3;;/q2*-1;;-1;+3. The third-order valence-corrected chi connectivity index (χ3v) is 10.7. The van der Waals surface area contributed by atoms with Gasteiger partial charge >= 0.3 is 53.1 Å². The van der Waals surface area contributed by atoms with Crippen LogP contribution in [0.3, 0.4) is 0 Å². The van der Waals surface area contributed by atoms with Gasteiger partial charge in [0, 0.05) is 24.8 Å². The third kappa shape index (κ3) is 21.1. The van der Waals surface area contributed by atoms with Crippen LogP contribution in [0.25, 0.3) is 33.9 Å². The quantitative estimate of drug-likeness (QED) is 0.101. The second-order valence-electron chi connectivity index (χ2n) is 23.2. The van der Waals surface area contributed by atoms with Crippen LogP contribution in [-0.4, -0.2) is 19.9 Å². The number of nitrogens with zero attached hydrogens (tertiary/aromatic N) is 4. The number of halogens is 6. The van der Waals surface area contributed by atoms with Gasteiger partial charge in [-0.05, 0) is 103 Å². The molecule has 12 heteroatoms. The molecule has 0 fully saturated rings. The maximum Gasteiger partial charge on any atom is 3.00 e. The van der Waals surface area contributed by atoms with E-state index in [0.29, 0.717) is 0 Å². The molecule has 6 rings (SSSR count). The molecule has 2 aromatic carbocycles. The molecule has 0 amide bonds. The Bertz CT molecular complexity index is 2380. The number of pyridine rings is 4. The van der Waals surface area contributed by atoms with Crippen molar-refractivity contribution in [3.05, 3.63) is 155 Å². The number of hydrogen-bond donors (Lipinski definition) is 0. The fourth-order valence-corrected chi connectivity index (χ4v) is 6.26.